The minimum atomic E-state index is -0.866. The zero-order valence-corrected chi connectivity index (χ0v) is 10.1. The van der Waals surface area contributed by atoms with E-state index < -0.39 is 11.5 Å². The third-order valence-electron chi connectivity index (χ3n) is 2.26. The van der Waals surface area contributed by atoms with Gasteiger partial charge in [0.1, 0.15) is 5.54 Å². The number of carboxylic acid groups (broad SMARTS) is 1. The first-order valence-electron chi connectivity index (χ1n) is 4.94. The predicted octanol–water partition coefficient (Wildman–Crippen LogP) is 2.13. The molecule has 1 aromatic rings. The van der Waals surface area contributed by atoms with E-state index in [4.69, 9.17) is 5.11 Å². The molecule has 0 aliphatic carbocycles. The van der Waals surface area contributed by atoms with E-state index in [2.05, 4.69) is 16.8 Å². The van der Waals surface area contributed by atoms with Gasteiger partial charge < -0.3 is 5.11 Å². The zero-order valence-electron chi connectivity index (χ0n) is 9.28. The fraction of sp³-hybridized carbons (Fsp3) is 0.545. The summed E-state index contributed by atoms with van der Waals surface area (Å²) in [5.74, 6) is -0.820. The van der Waals surface area contributed by atoms with Crippen LogP contribution in [0.4, 0.5) is 0 Å². The van der Waals surface area contributed by atoms with E-state index in [1.165, 1.54) is 5.56 Å². The number of hydrogen-bond acceptors (Lipinski definition) is 3. The molecule has 2 N–H and O–H groups in total. The van der Waals surface area contributed by atoms with Crippen LogP contribution in [0.5, 0.6) is 0 Å². The Morgan fingerprint density at radius 1 is 1.67 bits per heavy atom. The van der Waals surface area contributed by atoms with Crippen LogP contribution in [-0.4, -0.2) is 22.7 Å². The Morgan fingerprint density at radius 2 is 2.33 bits per heavy atom. The van der Waals surface area contributed by atoms with Crippen LogP contribution in [-0.2, 0) is 11.2 Å². The predicted molar refractivity (Wildman–Crippen MR) is 62.3 cm³/mol. The average Bonchev–Trinajstić information content (AvgIpc) is 2.54. The number of thiophene rings is 1. The zero-order chi connectivity index (χ0) is 11.5. The number of carbonyl (C=O) groups is 1. The minimum Gasteiger partial charge on any atom is -0.480 e. The minimum absolute atomic E-state index is 0.158. The molecule has 0 fully saturated rings. The standard InChI is InChI=1S/C11H17NO2S/c1-8(6-9-4-5-15-7-9)12-11(2,3)10(13)14/h4-5,7-8,12H,6H2,1-3H3,(H,13,14). The van der Waals surface area contributed by atoms with E-state index in [0.717, 1.165) is 6.42 Å². The van der Waals surface area contributed by atoms with Crippen LogP contribution in [0.3, 0.4) is 0 Å². The molecular formula is C11H17NO2S. The Hall–Kier alpha value is -0.870. The van der Waals surface area contributed by atoms with Gasteiger partial charge in [0.05, 0.1) is 0 Å². The van der Waals surface area contributed by atoms with Crippen molar-refractivity contribution in [2.75, 3.05) is 0 Å². The van der Waals surface area contributed by atoms with Crippen molar-refractivity contribution in [3.8, 4) is 0 Å². The highest BCUT2D eigenvalue weighted by molar-refractivity contribution is 7.07. The molecule has 0 saturated heterocycles. The molecule has 4 heteroatoms. The number of nitrogens with one attached hydrogen (secondary N) is 1. The van der Waals surface area contributed by atoms with Crippen LogP contribution >= 0.6 is 11.3 Å². The van der Waals surface area contributed by atoms with E-state index >= 15 is 0 Å². The summed E-state index contributed by atoms with van der Waals surface area (Å²) in [6, 6.07) is 2.22. The van der Waals surface area contributed by atoms with Crippen molar-refractivity contribution in [3.05, 3.63) is 22.4 Å². The first-order valence-corrected chi connectivity index (χ1v) is 5.88. The van der Waals surface area contributed by atoms with Gasteiger partial charge in [-0.15, -0.1) is 0 Å². The van der Waals surface area contributed by atoms with E-state index in [9.17, 15) is 4.79 Å². The molecule has 3 nitrogen and oxygen atoms in total. The van der Waals surface area contributed by atoms with Gasteiger partial charge in [0.15, 0.2) is 0 Å². The summed E-state index contributed by atoms with van der Waals surface area (Å²) in [4.78, 5) is 10.9. The Bertz CT molecular complexity index is 319. The highest BCUT2D eigenvalue weighted by atomic mass is 32.1. The van der Waals surface area contributed by atoms with Crippen LogP contribution in [0, 0.1) is 0 Å². The molecule has 1 atom stereocenters. The van der Waals surface area contributed by atoms with Crippen LogP contribution in [0.25, 0.3) is 0 Å². The Morgan fingerprint density at radius 3 is 2.80 bits per heavy atom. The normalized spacial score (nSPS) is 13.8. The summed E-state index contributed by atoms with van der Waals surface area (Å²) >= 11 is 1.66. The molecule has 0 aliphatic heterocycles. The Kier molecular flexibility index (Phi) is 3.88. The Labute approximate surface area is 94.1 Å². The van der Waals surface area contributed by atoms with Crippen LogP contribution in [0.15, 0.2) is 16.8 Å². The molecule has 1 heterocycles. The lowest BCUT2D eigenvalue weighted by Crippen LogP contribution is -2.51. The van der Waals surface area contributed by atoms with Crippen molar-refractivity contribution in [3.63, 3.8) is 0 Å². The molecular weight excluding hydrogens is 210 g/mol. The highest BCUT2D eigenvalue weighted by Crippen LogP contribution is 2.11. The molecule has 0 radical (unpaired) electrons. The monoisotopic (exact) mass is 227 g/mol. The maximum atomic E-state index is 10.9. The lowest BCUT2D eigenvalue weighted by atomic mass is 10.0. The smallest absolute Gasteiger partial charge is 0.323 e. The number of aliphatic carboxylic acids is 1. The fourth-order valence-electron chi connectivity index (χ4n) is 1.49. The van der Waals surface area contributed by atoms with E-state index in [1.54, 1.807) is 25.2 Å². The van der Waals surface area contributed by atoms with Gasteiger partial charge in [-0.1, -0.05) is 0 Å². The SMILES string of the molecule is CC(Cc1ccsc1)NC(C)(C)C(=O)O. The maximum absolute atomic E-state index is 10.9. The second-order valence-electron chi connectivity index (χ2n) is 4.31. The quantitative estimate of drug-likeness (QED) is 0.810. The molecule has 1 unspecified atom stereocenters. The first kappa shape index (κ1) is 12.2. The number of hydrogen-bond donors (Lipinski definition) is 2. The summed E-state index contributed by atoms with van der Waals surface area (Å²) in [5.41, 5.74) is 0.385. The van der Waals surface area contributed by atoms with E-state index in [0.29, 0.717) is 0 Å². The molecule has 1 aromatic heterocycles. The van der Waals surface area contributed by atoms with E-state index in [1.807, 2.05) is 12.3 Å². The molecule has 0 aromatic carbocycles. The maximum Gasteiger partial charge on any atom is 0.323 e. The van der Waals surface area contributed by atoms with Crippen molar-refractivity contribution >= 4 is 17.3 Å². The summed E-state index contributed by atoms with van der Waals surface area (Å²) in [6.45, 7) is 5.36. The third kappa shape index (κ3) is 3.64. The molecule has 0 spiro atoms. The van der Waals surface area contributed by atoms with Gasteiger partial charge in [-0.2, -0.15) is 11.3 Å². The summed E-state index contributed by atoms with van der Waals surface area (Å²) in [7, 11) is 0. The average molecular weight is 227 g/mol. The second-order valence-corrected chi connectivity index (χ2v) is 5.09. The van der Waals surface area contributed by atoms with Gasteiger partial charge in [0.2, 0.25) is 0 Å². The van der Waals surface area contributed by atoms with Gasteiger partial charge in [-0.05, 0) is 49.6 Å². The largest absolute Gasteiger partial charge is 0.480 e. The topological polar surface area (TPSA) is 49.3 Å². The van der Waals surface area contributed by atoms with Crippen molar-refractivity contribution in [2.45, 2.75) is 38.8 Å². The molecule has 1 rings (SSSR count). The lowest BCUT2D eigenvalue weighted by Gasteiger charge is -2.25. The van der Waals surface area contributed by atoms with Crippen molar-refractivity contribution in [1.82, 2.24) is 5.32 Å². The first-order chi connectivity index (χ1) is 6.92. The molecule has 15 heavy (non-hydrogen) atoms. The lowest BCUT2D eigenvalue weighted by molar-refractivity contribution is -0.143. The molecule has 0 saturated carbocycles. The third-order valence-corrected chi connectivity index (χ3v) is 3.00. The summed E-state index contributed by atoms with van der Waals surface area (Å²) in [6.07, 6.45) is 0.861. The number of rotatable bonds is 5. The molecule has 0 bridgehead atoms. The summed E-state index contributed by atoms with van der Waals surface area (Å²) in [5, 5.41) is 16.2. The van der Waals surface area contributed by atoms with E-state index in [-0.39, 0.29) is 6.04 Å². The highest BCUT2D eigenvalue weighted by Gasteiger charge is 2.28. The van der Waals surface area contributed by atoms with Gasteiger partial charge in [-0.3, -0.25) is 10.1 Å². The van der Waals surface area contributed by atoms with Crippen LogP contribution in [0.1, 0.15) is 26.3 Å². The van der Waals surface area contributed by atoms with Gasteiger partial charge in [0, 0.05) is 6.04 Å². The van der Waals surface area contributed by atoms with Gasteiger partial charge >= 0.3 is 5.97 Å². The van der Waals surface area contributed by atoms with Crippen molar-refractivity contribution < 1.29 is 9.90 Å². The van der Waals surface area contributed by atoms with Crippen molar-refractivity contribution in [1.29, 1.82) is 0 Å². The van der Waals surface area contributed by atoms with Crippen LogP contribution < -0.4 is 5.32 Å². The van der Waals surface area contributed by atoms with Crippen molar-refractivity contribution in [2.24, 2.45) is 0 Å². The molecule has 84 valence electrons. The fourth-order valence-corrected chi connectivity index (χ4v) is 2.17. The number of carboxylic acids is 1. The second kappa shape index (κ2) is 4.77. The Balaban J connectivity index is 2.49. The summed E-state index contributed by atoms with van der Waals surface area (Å²) < 4.78 is 0. The van der Waals surface area contributed by atoms with Gasteiger partial charge in [0.25, 0.3) is 0 Å². The van der Waals surface area contributed by atoms with Gasteiger partial charge in [-0.25, -0.2) is 0 Å². The van der Waals surface area contributed by atoms with Crippen LogP contribution in [0.2, 0.25) is 0 Å². The molecule has 0 amide bonds. The molecule has 0 aliphatic rings.